The molecule has 9 nitrogen and oxygen atoms in total. The summed E-state index contributed by atoms with van der Waals surface area (Å²) in [7, 11) is 0. The largest absolute Gasteiger partial charge is 0.462 e. The van der Waals surface area contributed by atoms with E-state index in [1.807, 2.05) is 0 Å². The van der Waals surface area contributed by atoms with Crippen LogP contribution in [0.3, 0.4) is 0 Å². The van der Waals surface area contributed by atoms with E-state index in [9.17, 15) is 15.0 Å². The molecule has 0 radical (unpaired) electrons. The topological polar surface area (TPSA) is 154 Å². The van der Waals surface area contributed by atoms with Crippen LogP contribution in [0, 0.1) is 5.92 Å². The molecule has 0 amide bonds. The molecule has 0 spiro atoms. The van der Waals surface area contributed by atoms with Gasteiger partial charge in [-0.25, -0.2) is 4.98 Å². The fraction of sp³-hybridized carbons (Fsp3) is 0.643. The van der Waals surface area contributed by atoms with Crippen molar-refractivity contribution < 1.29 is 24.5 Å². The number of nitrogens with zero attached hydrogens (tertiary/aromatic N) is 2. The highest BCUT2D eigenvalue weighted by Gasteiger charge is 2.45. The second kappa shape index (κ2) is 7.53. The summed E-state index contributed by atoms with van der Waals surface area (Å²) in [6.45, 7) is 6.91. The highest BCUT2D eigenvalue weighted by atomic mass is 32.1. The lowest BCUT2D eigenvalue weighted by Crippen LogP contribution is -2.40. The quantitative estimate of drug-likeness (QED) is 0.476. The number of rotatable bonds is 6. The number of aliphatic hydroxyl groups is 2. The molecule has 1 aliphatic heterocycles. The molecule has 0 saturated carbocycles. The molecule has 1 saturated heterocycles. The van der Waals surface area contributed by atoms with Gasteiger partial charge in [-0.2, -0.15) is 4.37 Å². The summed E-state index contributed by atoms with van der Waals surface area (Å²) in [4.78, 5) is 15.9. The number of ether oxygens (including phenoxy) is 2. The summed E-state index contributed by atoms with van der Waals surface area (Å²) >= 11 is 0.990. The molecule has 0 bridgehead atoms. The highest BCUT2D eigenvalue weighted by Crippen LogP contribution is 2.34. The molecule has 10 heteroatoms. The Morgan fingerprint density at radius 3 is 2.67 bits per heavy atom. The van der Waals surface area contributed by atoms with Crippen LogP contribution in [0.15, 0.2) is 6.58 Å². The number of nitrogens with two attached hydrogens (primary N) is 2. The Labute approximate surface area is 143 Å². The molecule has 0 aromatic carbocycles. The number of carbonyl (C=O) groups is 1. The molecule has 24 heavy (non-hydrogen) atoms. The van der Waals surface area contributed by atoms with Crippen LogP contribution in [0.25, 0.3) is 5.70 Å². The zero-order chi connectivity index (χ0) is 18.0. The lowest BCUT2D eigenvalue weighted by Gasteiger charge is -2.18. The number of aliphatic hydroxyl groups excluding tert-OH is 2. The molecule has 1 unspecified atom stereocenters. The monoisotopic (exact) mass is 358 g/mol. The Hall–Kier alpha value is -1.59. The SMILES string of the molecule is C=C(N)c1nsc([C@@H]2O[C@H](COC(=O)C(N)C(C)C)[C@@H](O)[C@H]2O)n1. The van der Waals surface area contributed by atoms with Crippen molar-refractivity contribution in [2.75, 3.05) is 6.61 Å². The maximum atomic E-state index is 11.8. The van der Waals surface area contributed by atoms with Crippen LogP contribution in [0.5, 0.6) is 0 Å². The first-order valence-electron chi connectivity index (χ1n) is 7.44. The zero-order valence-corrected chi connectivity index (χ0v) is 14.3. The minimum Gasteiger partial charge on any atom is -0.462 e. The van der Waals surface area contributed by atoms with Crippen molar-refractivity contribution in [2.24, 2.45) is 17.4 Å². The van der Waals surface area contributed by atoms with Crippen LogP contribution in [0.1, 0.15) is 30.8 Å². The lowest BCUT2D eigenvalue weighted by molar-refractivity contribution is -0.151. The first-order valence-corrected chi connectivity index (χ1v) is 8.21. The summed E-state index contributed by atoms with van der Waals surface area (Å²) in [5, 5.41) is 20.6. The van der Waals surface area contributed by atoms with Gasteiger partial charge in [0.25, 0.3) is 0 Å². The summed E-state index contributed by atoms with van der Waals surface area (Å²) in [6.07, 6.45) is -4.22. The fourth-order valence-corrected chi connectivity index (χ4v) is 2.87. The van der Waals surface area contributed by atoms with Gasteiger partial charge in [0.1, 0.15) is 42.1 Å². The van der Waals surface area contributed by atoms with E-state index >= 15 is 0 Å². The Balaban J connectivity index is 1.99. The van der Waals surface area contributed by atoms with Crippen molar-refractivity contribution in [3.8, 4) is 0 Å². The van der Waals surface area contributed by atoms with Gasteiger partial charge in [0.15, 0.2) is 5.82 Å². The Morgan fingerprint density at radius 1 is 1.46 bits per heavy atom. The summed E-state index contributed by atoms with van der Waals surface area (Å²) in [5.74, 6) is -0.413. The number of aromatic nitrogens is 2. The average Bonchev–Trinajstić information content (AvgIpc) is 3.11. The van der Waals surface area contributed by atoms with E-state index in [2.05, 4.69) is 15.9 Å². The van der Waals surface area contributed by atoms with Crippen molar-refractivity contribution >= 4 is 23.2 Å². The van der Waals surface area contributed by atoms with Crippen LogP contribution >= 0.6 is 11.5 Å². The first-order chi connectivity index (χ1) is 11.2. The molecule has 134 valence electrons. The van der Waals surface area contributed by atoms with E-state index in [1.165, 1.54) is 0 Å². The minimum atomic E-state index is -1.23. The third-order valence-corrected chi connectivity index (χ3v) is 4.49. The van der Waals surface area contributed by atoms with Gasteiger partial charge in [0.2, 0.25) is 0 Å². The van der Waals surface area contributed by atoms with Crippen LogP contribution < -0.4 is 11.5 Å². The number of hydrogen-bond acceptors (Lipinski definition) is 10. The Kier molecular flexibility index (Phi) is 5.88. The maximum Gasteiger partial charge on any atom is 0.323 e. The van der Waals surface area contributed by atoms with Gasteiger partial charge >= 0.3 is 5.97 Å². The van der Waals surface area contributed by atoms with Gasteiger partial charge in [-0.15, -0.1) is 0 Å². The molecule has 0 aliphatic carbocycles. The van der Waals surface area contributed by atoms with Gasteiger partial charge in [-0.1, -0.05) is 20.4 Å². The summed E-state index contributed by atoms with van der Waals surface area (Å²) < 4.78 is 14.6. The molecular formula is C14H22N4O5S. The Morgan fingerprint density at radius 2 is 2.12 bits per heavy atom. The maximum absolute atomic E-state index is 11.8. The molecule has 1 fully saturated rings. The van der Waals surface area contributed by atoms with E-state index in [4.69, 9.17) is 20.9 Å². The van der Waals surface area contributed by atoms with E-state index < -0.39 is 36.4 Å². The van der Waals surface area contributed by atoms with Crippen molar-refractivity contribution in [3.63, 3.8) is 0 Å². The standard InChI is InChI=1S/C14H22N4O5S/c1-5(2)8(16)14(21)22-4-7-9(19)10(20)11(23-7)13-17-12(6(3)15)18-24-13/h5,7-11,19-20H,3-4,15-16H2,1-2H3/t7-,8?,9-,10-,11-/m1/s1. The molecule has 6 N–H and O–H groups in total. The normalized spacial score (nSPS) is 28.1. The van der Waals surface area contributed by atoms with Crippen molar-refractivity contribution in [1.82, 2.24) is 9.36 Å². The van der Waals surface area contributed by atoms with Gasteiger partial charge < -0.3 is 31.2 Å². The molecular weight excluding hydrogens is 336 g/mol. The van der Waals surface area contributed by atoms with E-state index in [0.717, 1.165) is 11.5 Å². The summed E-state index contributed by atoms with van der Waals surface area (Å²) in [6, 6.07) is -0.759. The zero-order valence-electron chi connectivity index (χ0n) is 13.5. The predicted molar refractivity (Wildman–Crippen MR) is 86.5 cm³/mol. The molecule has 1 aromatic rings. The minimum absolute atomic E-state index is 0.0746. The third kappa shape index (κ3) is 3.90. The first kappa shape index (κ1) is 18.7. The van der Waals surface area contributed by atoms with E-state index in [1.54, 1.807) is 13.8 Å². The van der Waals surface area contributed by atoms with E-state index in [-0.39, 0.29) is 24.0 Å². The van der Waals surface area contributed by atoms with Gasteiger partial charge in [0, 0.05) is 0 Å². The van der Waals surface area contributed by atoms with Crippen LogP contribution in [0.4, 0.5) is 0 Å². The Bertz CT molecular complexity index is 608. The fourth-order valence-electron chi connectivity index (χ4n) is 2.10. The van der Waals surface area contributed by atoms with Crippen LogP contribution in [0.2, 0.25) is 0 Å². The average molecular weight is 358 g/mol. The molecule has 2 heterocycles. The van der Waals surface area contributed by atoms with Crippen LogP contribution in [-0.2, 0) is 14.3 Å². The number of hydrogen-bond donors (Lipinski definition) is 4. The molecule has 1 aromatic heterocycles. The van der Waals surface area contributed by atoms with Crippen molar-refractivity contribution in [3.05, 3.63) is 17.4 Å². The number of carbonyl (C=O) groups excluding carboxylic acids is 1. The van der Waals surface area contributed by atoms with Gasteiger partial charge in [0.05, 0.1) is 5.70 Å². The van der Waals surface area contributed by atoms with Crippen LogP contribution in [-0.4, -0.2) is 56.5 Å². The molecule has 1 aliphatic rings. The molecule has 2 rings (SSSR count). The summed E-state index contributed by atoms with van der Waals surface area (Å²) in [5.41, 5.74) is 11.4. The predicted octanol–water partition coefficient (Wildman–Crippen LogP) is -0.844. The smallest absolute Gasteiger partial charge is 0.323 e. The molecule has 5 atom stereocenters. The third-order valence-electron chi connectivity index (χ3n) is 3.72. The lowest BCUT2D eigenvalue weighted by atomic mass is 10.1. The second-order valence-corrected chi connectivity index (χ2v) is 6.74. The second-order valence-electron chi connectivity index (χ2n) is 5.96. The van der Waals surface area contributed by atoms with E-state index in [0.29, 0.717) is 5.01 Å². The number of esters is 1. The van der Waals surface area contributed by atoms with Gasteiger partial charge in [-0.05, 0) is 17.5 Å². The van der Waals surface area contributed by atoms with Gasteiger partial charge in [-0.3, -0.25) is 4.79 Å². The van der Waals surface area contributed by atoms with Crippen molar-refractivity contribution in [1.29, 1.82) is 0 Å². The highest BCUT2D eigenvalue weighted by molar-refractivity contribution is 7.05. The van der Waals surface area contributed by atoms with Crippen molar-refractivity contribution in [2.45, 2.75) is 44.3 Å².